The van der Waals surface area contributed by atoms with Crippen LogP contribution in [-0.4, -0.2) is 11.7 Å². The zero-order valence-electron chi connectivity index (χ0n) is 8.00. The van der Waals surface area contributed by atoms with Crippen LogP contribution >= 0.6 is 0 Å². The lowest BCUT2D eigenvalue weighted by molar-refractivity contribution is 0.160. The van der Waals surface area contributed by atoms with E-state index in [0.717, 1.165) is 23.6 Å². The third-order valence-electron chi connectivity index (χ3n) is 2.41. The predicted molar refractivity (Wildman–Crippen MR) is 49.5 cm³/mol. The molecule has 3 heteroatoms. The van der Waals surface area contributed by atoms with Gasteiger partial charge in [0.05, 0.1) is 12.6 Å². The van der Waals surface area contributed by atoms with E-state index in [1.165, 1.54) is 0 Å². The summed E-state index contributed by atoms with van der Waals surface area (Å²) >= 11 is 0. The first kappa shape index (κ1) is 8.78. The van der Waals surface area contributed by atoms with Crippen LogP contribution in [0.5, 0.6) is 0 Å². The molecule has 0 saturated heterocycles. The lowest BCUT2D eigenvalue weighted by Crippen LogP contribution is -2.26. The Labute approximate surface area is 77.8 Å². The number of aliphatic hydroxyl groups is 1. The van der Waals surface area contributed by atoms with Gasteiger partial charge in [-0.1, -0.05) is 13.8 Å². The monoisotopic (exact) mass is 181 g/mol. The summed E-state index contributed by atoms with van der Waals surface area (Å²) in [5, 5.41) is 12.7. The van der Waals surface area contributed by atoms with Crippen molar-refractivity contribution in [1.29, 1.82) is 0 Å². The average molecular weight is 181 g/mol. The fourth-order valence-electron chi connectivity index (χ4n) is 1.60. The molecule has 1 aromatic heterocycles. The molecule has 0 radical (unpaired) electrons. The molecule has 0 spiro atoms. The molecule has 1 aromatic rings. The zero-order valence-corrected chi connectivity index (χ0v) is 8.00. The maximum Gasteiger partial charge on any atom is 0.123 e. The van der Waals surface area contributed by atoms with Crippen LogP contribution in [0.15, 0.2) is 10.5 Å². The maximum atomic E-state index is 9.63. The number of aliphatic hydroxyl groups excluding tert-OH is 1. The van der Waals surface area contributed by atoms with Crippen molar-refractivity contribution >= 4 is 0 Å². The molecule has 2 N–H and O–H groups in total. The smallest absolute Gasteiger partial charge is 0.123 e. The third kappa shape index (κ3) is 1.49. The van der Waals surface area contributed by atoms with E-state index in [0.29, 0.717) is 12.5 Å². The Bertz CT molecular complexity index is 304. The molecule has 3 nitrogen and oxygen atoms in total. The molecule has 1 aliphatic rings. The molecule has 0 bridgehead atoms. The molecular formula is C10H15NO2. The van der Waals surface area contributed by atoms with Crippen LogP contribution in [0, 0.1) is 0 Å². The highest BCUT2D eigenvalue weighted by molar-refractivity contribution is 5.27. The minimum Gasteiger partial charge on any atom is -0.464 e. The van der Waals surface area contributed by atoms with Crippen LogP contribution in [0.4, 0.5) is 0 Å². The van der Waals surface area contributed by atoms with Crippen molar-refractivity contribution in [2.45, 2.75) is 32.4 Å². The Hall–Kier alpha value is -0.800. The number of fused-ring (bicyclic) bond motifs is 1. The average Bonchev–Trinajstić information content (AvgIpc) is 2.49. The number of nitrogens with one attached hydrogen (secondary N) is 1. The van der Waals surface area contributed by atoms with Crippen LogP contribution in [0.3, 0.4) is 0 Å². The van der Waals surface area contributed by atoms with Crippen LogP contribution in [0.25, 0.3) is 0 Å². The van der Waals surface area contributed by atoms with E-state index < -0.39 is 6.10 Å². The van der Waals surface area contributed by atoms with Gasteiger partial charge >= 0.3 is 0 Å². The zero-order chi connectivity index (χ0) is 9.42. The maximum absolute atomic E-state index is 9.63. The molecule has 0 aliphatic carbocycles. The minimum atomic E-state index is -0.403. The van der Waals surface area contributed by atoms with E-state index in [1.54, 1.807) is 0 Å². The molecular weight excluding hydrogens is 166 g/mol. The van der Waals surface area contributed by atoms with Crippen LogP contribution in [0.1, 0.15) is 43.0 Å². The van der Waals surface area contributed by atoms with Gasteiger partial charge in [0.1, 0.15) is 11.5 Å². The number of furan rings is 1. The van der Waals surface area contributed by atoms with Crippen molar-refractivity contribution in [2.75, 3.05) is 6.54 Å². The van der Waals surface area contributed by atoms with Crippen molar-refractivity contribution in [2.24, 2.45) is 0 Å². The molecule has 72 valence electrons. The second kappa shape index (κ2) is 3.16. The largest absolute Gasteiger partial charge is 0.464 e. The van der Waals surface area contributed by atoms with Gasteiger partial charge in [0.25, 0.3) is 0 Å². The molecule has 1 aliphatic heterocycles. The Morgan fingerprint density at radius 1 is 1.62 bits per heavy atom. The third-order valence-corrected chi connectivity index (χ3v) is 2.41. The van der Waals surface area contributed by atoms with E-state index in [-0.39, 0.29) is 0 Å². The van der Waals surface area contributed by atoms with E-state index >= 15 is 0 Å². The first-order valence-electron chi connectivity index (χ1n) is 4.69. The minimum absolute atomic E-state index is 0.387. The van der Waals surface area contributed by atoms with E-state index in [2.05, 4.69) is 19.2 Å². The summed E-state index contributed by atoms with van der Waals surface area (Å²) in [6, 6.07) is 1.98. The lowest BCUT2D eigenvalue weighted by atomic mass is 10.0. The summed E-state index contributed by atoms with van der Waals surface area (Å²) in [5.74, 6) is 2.24. The molecule has 2 heterocycles. The Morgan fingerprint density at radius 2 is 2.38 bits per heavy atom. The molecule has 0 saturated carbocycles. The normalized spacial score (nSPS) is 22.0. The highest BCUT2D eigenvalue weighted by Gasteiger charge is 2.22. The Morgan fingerprint density at radius 3 is 3.00 bits per heavy atom. The highest BCUT2D eigenvalue weighted by Crippen LogP contribution is 2.28. The fraction of sp³-hybridized carbons (Fsp3) is 0.600. The van der Waals surface area contributed by atoms with E-state index in [4.69, 9.17) is 4.42 Å². The van der Waals surface area contributed by atoms with Gasteiger partial charge in [-0.05, 0) is 6.07 Å². The molecule has 1 atom stereocenters. The van der Waals surface area contributed by atoms with Gasteiger partial charge in [0.2, 0.25) is 0 Å². The summed E-state index contributed by atoms with van der Waals surface area (Å²) in [7, 11) is 0. The van der Waals surface area contributed by atoms with Gasteiger partial charge in [-0.25, -0.2) is 0 Å². The lowest BCUT2D eigenvalue weighted by Gasteiger charge is -2.16. The molecule has 1 unspecified atom stereocenters. The Balaban J connectivity index is 2.36. The Kier molecular flexibility index (Phi) is 2.14. The first-order valence-corrected chi connectivity index (χ1v) is 4.69. The van der Waals surface area contributed by atoms with Crippen molar-refractivity contribution < 1.29 is 9.52 Å². The fourth-order valence-corrected chi connectivity index (χ4v) is 1.60. The number of hydrogen-bond acceptors (Lipinski definition) is 3. The summed E-state index contributed by atoms with van der Waals surface area (Å²) in [5.41, 5.74) is 0.961. The van der Waals surface area contributed by atoms with Crippen molar-refractivity contribution in [3.8, 4) is 0 Å². The van der Waals surface area contributed by atoms with Gasteiger partial charge in [-0.15, -0.1) is 0 Å². The number of β-amino-alcohol motifs (C(OH)–C–C–N with tert-alkyl or cyclic N) is 1. The topological polar surface area (TPSA) is 45.4 Å². The van der Waals surface area contributed by atoms with Gasteiger partial charge in [-0.3, -0.25) is 0 Å². The van der Waals surface area contributed by atoms with E-state index in [1.807, 2.05) is 6.07 Å². The number of rotatable bonds is 1. The van der Waals surface area contributed by atoms with Gasteiger partial charge < -0.3 is 14.8 Å². The second-order valence-electron chi connectivity index (χ2n) is 3.83. The van der Waals surface area contributed by atoms with Crippen LogP contribution < -0.4 is 5.32 Å². The molecule has 0 fully saturated rings. The van der Waals surface area contributed by atoms with Crippen molar-refractivity contribution in [1.82, 2.24) is 5.32 Å². The number of hydrogen-bond donors (Lipinski definition) is 2. The van der Waals surface area contributed by atoms with Gasteiger partial charge in [0.15, 0.2) is 0 Å². The standard InChI is InChI=1S/C10H15NO2/c1-6(2)9-3-7-8(12)4-11-5-10(7)13-9/h3,6,8,11-12H,4-5H2,1-2H3. The summed E-state index contributed by atoms with van der Waals surface area (Å²) in [6.07, 6.45) is -0.403. The molecule has 0 amide bonds. The molecule has 0 aromatic carbocycles. The predicted octanol–water partition coefficient (Wildman–Crippen LogP) is 1.54. The summed E-state index contributed by atoms with van der Waals surface area (Å²) in [4.78, 5) is 0. The molecule has 2 rings (SSSR count). The molecule has 13 heavy (non-hydrogen) atoms. The quantitative estimate of drug-likeness (QED) is 0.690. The van der Waals surface area contributed by atoms with Crippen molar-refractivity contribution in [3.63, 3.8) is 0 Å². The van der Waals surface area contributed by atoms with Gasteiger partial charge in [-0.2, -0.15) is 0 Å². The van der Waals surface area contributed by atoms with E-state index in [9.17, 15) is 5.11 Å². The summed E-state index contributed by atoms with van der Waals surface area (Å²) in [6.45, 7) is 5.54. The van der Waals surface area contributed by atoms with Crippen molar-refractivity contribution in [3.05, 3.63) is 23.2 Å². The SMILES string of the molecule is CC(C)c1cc2c(o1)CNCC2O. The summed E-state index contributed by atoms with van der Waals surface area (Å²) < 4.78 is 5.62. The highest BCUT2D eigenvalue weighted by atomic mass is 16.3. The second-order valence-corrected chi connectivity index (χ2v) is 3.83. The first-order chi connectivity index (χ1) is 6.18. The van der Waals surface area contributed by atoms with Gasteiger partial charge in [0, 0.05) is 18.0 Å². The van der Waals surface area contributed by atoms with Crippen LogP contribution in [-0.2, 0) is 6.54 Å². The van der Waals surface area contributed by atoms with Crippen LogP contribution in [0.2, 0.25) is 0 Å².